The molecule has 1 aromatic heterocycles. The molecule has 6 heteroatoms. The lowest BCUT2D eigenvalue weighted by molar-refractivity contribution is 0.259. The molecular weight excluding hydrogens is 312 g/mol. The van der Waals surface area contributed by atoms with Gasteiger partial charge in [-0.2, -0.15) is 10.1 Å². The van der Waals surface area contributed by atoms with Crippen LogP contribution < -0.4 is 10.7 Å². The average Bonchev–Trinajstić information content (AvgIpc) is 2.56. The summed E-state index contributed by atoms with van der Waals surface area (Å²) in [5, 5.41) is 7.92. The Kier molecular flexibility index (Phi) is 4.49. The number of nitrogens with one attached hydrogen (secondary N) is 1. The monoisotopic (exact) mass is 324 g/mol. The van der Waals surface area contributed by atoms with E-state index in [4.69, 9.17) is 11.6 Å². The molecule has 0 atom stereocenters. The Balaban J connectivity index is 1.76. The highest BCUT2D eigenvalue weighted by molar-refractivity contribution is 6.30. The van der Waals surface area contributed by atoms with Crippen LogP contribution in [-0.2, 0) is 0 Å². The lowest BCUT2D eigenvalue weighted by atomic mass is 10.3. The summed E-state index contributed by atoms with van der Waals surface area (Å²) in [6.07, 6.45) is 3.28. The van der Waals surface area contributed by atoms with E-state index in [2.05, 4.69) is 15.4 Å². The fraction of sp³-hybridized carbons (Fsp3) is 0. The third-order valence-corrected chi connectivity index (χ3v) is 3.26. The van der Waals surface area contributed by atoms with Gasteiger partial charge in [-0.1, -0.05) is 35.9 Å². The second-order valence-electron chi connectivity index (χ2n) is 4.72. The number of urea groups is 1. The standard InChI is InChI=1S/C17H13ClN4O/c18-13-5-4-6-14(11-13)20-17(23)21-15-9-10-22(19-12-15)16-7-2-1-3-8-16/h1-12H,(H,20,23)/b21-15-. The third kappa shape index (κ3) is 4.05. The van der Waals surface area contributed by atoms with Crippen LogP contribution in [-0.4, -0.2) is 15.8 Å². The van der Waals surface area contributed by atoms with Gasteiger partial charge in [-0.3, -0.25) is 0 Å². The first-order chi connectivity index (χ1) is 11.2. The van der Waals surface area contributed by atoms with E-state index in [1.165, 1.54) is 6.20 Å². The minimum atomic E-state index is -0.480. The van der Waals surface area contributed by atoms with Crippen LogP contribution >= 0.6 is 11.6 Å². The van der Waals surface area contributed by atoms with Crippen molar-refractivity contribution < 1.29 is 4.79 Å². The van der Waals surface area contributed by atoms with Gasteiger partial charge in [0, 0.05) is 16.9 Å². The van der Waals surface area contributed by atoms with E-state index in [-0.39, 0.29) is 0 Å². The number of nitrogens with zero attached hydrogens (tertiary/aromatic N) is 3. The molecule has 0 aliphatic carbocycles. The van der Waals surface area contributed by atoms with E-state index < -0.39 is 6.03 Å². The number of hydrogen-bond donors (Lipinski definition) is 1. The van der Waals surface area contributed by atoms with Crippen molar-refractivity contribution in [2.75, 3.05) is 5.32 Å². The normalized spacial score (nSPS) is 11.3. The Morgan fingerprint density at radius 2 is 1.91 bits per heavy atom. The molecule has 0 aliphatic heterocycles. The largest absolute Gasteiger partial charge is 0.345 e. The molecule has 23 heavy (non-hydrogen) atoms. The summed E-state index contributed by atoms with van der Waals surface area (Å²) in [5.74, 6) is 0. The number of halogens is 1. The topological polar surface area (TPSA) is 59.3 Å². The number of amides is 2. The summed E-state index contributed by atoms with van der Waals surface area (Å²) in [4.78, 5) is 15.8. The maximum Gasteiger partial charge on any atom is 0.345 e. The van der Waals surface area contributed by atoms with Crippen molar-refractivity contribution in [2.24, 2.45) is 4.99 Å². The number of para-hydroxylation sites is 1. The molecule has 0 saturated carbocycles. The molecule has 0 saturated heterocycles. The van der Waals surface area contributed by atoms with Gasteiger partial charge in [-0.15, -0.1) is 0 Å². The molecule has 0 bridgehead atoms. The summed E-state index contributed by atoms with van der Waals surface area (Å²) >= 11 is 5.87. The van der Waals surface area contributed by atoms with Crippen LogP contribution in [0.3, 0.4) is 0 Å². The van der Waals surface area contributed by atoms with Crippen molar-refractivity contribution >= 4 is 23.3 Å². The van der Waals surface area contributed by atoms with Crippen LogP contribution in [0.15, 0.2) is 78.0 Å². The molecule has 114 valence electrons. The molecule has 0 fully saturated rings. The molecule has 2 amide bonds. The molecule has 3 aromatic rings. The molecular formula is C17H13ClN4O. The van der Waals surface area contributed by atoms with Crippen LogP contribution in [0, 0.1) is 0 Å². The molecule has 2 aromatic carbocycles. The fourth-order valence-corrected chi connectivity index (χ4v) is 2.17. The van der Waals surface area contributed by atoms with Gasteiger partial charge in [0.05, 0.1) is 17.2 Å². The predicted octanol–water partition coefficient (Wildman–Crippen LogP) is 3.66. The van der Waals surface area contributed by atoms with Crippen molar-refractivity contribution in [3.8, 4) is 5.69 Å². The van der Waals surface area contributed by atoms with Crippen molar-refractivity contribution in [3.05, 3.63) is 83.4 Å². The SMILES string of the molecule is O=C(/N=c1/ccn(-c2ccccc2)nc1)Nc1cccc(Cl)c1. The maximum absolute atomic E-state index is 11.9. The van der Waals surface area contributed by atoms with E-state index in [9.17, 15) is 4.79 Å². The summed E-state index contributed by atoms with van der Waals surface area (Å²) < 4.78 is 1.70. The Morgan fingerprint density at radius 3 is 2.61 bits per heavy atom. The van der Waals surface area contributed by atoms with E-state index in [0.29, 0.717) is 16.1 Å². The fourth-order valence-electron chi connectivity index (χ4n) is 1.98. The Bertz CT molecular complexity index is 870. The Labute approximate surface area is 137 Å². The highest BCUT2D eigenvalue weighted by atomic mass is 35.5. The first-order valence-corrected chi connectivity index (χ1v) is 7.30. The van der Waals surface area contributed by atoms with Gasteiger partial charge in [-0.05, 0) is 36.4 Å². The number of rotatable bonds is 2. The second-order valence-corrected chi connectivity index (χ2v) is 5.15. The molecule has 0 unspecified atom stereocenters. The Hall–Kier alpha value is -2.92. The summed E-state index contributed by atoms with van der Waals surface area (Å²) in [5.41, 5.74) is 1.52. The minimum Gasteiger partial charge on any atom is -0.306 e. The Morgan fingerprint density at radius 1 is 1.09 bits per heavy atom. The molecule has 0 spiro atoms. The highest BCUT2D eigenvalue weighted by Gasteiger charge is 2.00. The molecule has 0 radical (unpaired) electrons. The lowest BCUT2D eigenvalue weighted by Crippen LogP contribution is -2.14. The van der Waals surface area contributed by atoms with E-state index in [0.717, 1.165) is 5.69 Å². The second kappa shape index (κ2) is 6.89. The number of carbonyl (C=O) groups excluding carboxylic acids is 1. The number of hydrogen-bond acceptors (Lipinski definition) is 2. The average molecular weight is 325 g/mol. The number of anilines is 1. The van der Waals surface area contributed by atoms with Crippen molar-refractivity contribution in [3.63, 3.8) is 0 Å². The van der Waals surface area contributed by atoms with E-state index >= 15 is 0 Å². The van der Waals surface area contributed by atoms with Gasteiger partial charge in [0.1, 0.15) is 0 Å². The summed E-state index contributed by atoms with van der Waals surface area (Å²) in [6.45, 7) is 0. The zero-order chi connectivity index (χ0) is 16.1. The first kappa shape index (κ1) is 15.0. The van der Waals surface area contributed by atoms with Crippen LogP contribution in [0.25, 0.3) is 5.69 Å². The zero-order valence-corrected chi connectivity index (χ0v) is 12.8. The zero-order valence-electron chi connectivity index (χ0n) is 12.1. The van der Waals surface area contributed by atoms with Crippen molar-refractivity contribution in [1.29, 1.82) is 0 Å². The quantitative estimate of drug-likeness (QED) is 0.782. The molecule has 0 aliphatic rings. The maximum atomic E-state index is 11.9. The predicted molar refractivity (Wildman–Crippen MR) is 89.6 cm³/mol. The van der Waals surface area contributed by atoms with Gasteiger partial charge in [0.25, 0.3) is 0 Å². The third-order valence-electron chi connectivity index (χ3n) is 3.03. The molecule has 1 heterocycles. The van der Waals surface area contributed by atoms with Crippen molar-refractivity contribution in [2.45, 2.75) is 0 Å². The van der Waals surface area contributed by atoms with E-state index in [1.807, 2.05) is 30.3 Å². The number of aromatic nitrogens is 2. The van der Waals surface area contributed by atoms with E-state index in [1.54, 1.807) is 41.2 Å². The van der Waals surface area contributed by atoms with Crippen LogP contribution in [0.4, 0.5) is 10.5 Å². The lowest BCUT2D eigenvalue weighted by Gasteiger charge is -2.04. The minimum absolute atomic E-state index is 0.469. The van der Waals surface area contributed by atoms with Crippen molar-refractivity contribution in [1.82, 2.24) is 9.78 Å². The van der Waals surface area contributed by atoms with Gasteiger partial charge in [0.15, 0.2) is 0 Å². The molecule has 1 N–H and O–H groups in total. The van der Waals surface area contributed by atoms with Gasteiger partial charge < -0.3 is 5.32 Å². The number of carbonyl (C=O) groups is 1. The molecule has 5 nitrogen and oxygen atoms in total. The summed E-state index contributed by atoms with van der Waals surface area (Å²) in [7, 11) is 0. The van der Waals surface area contributed by atoms with Gasteiger partial charge in [0.2, 0.25) is 0 Å². The van der Waals surface area contributed by atoms with Crippen LogP contribution in [0.1, 0.15) is 0 Å². The highest BCUT2D eigenvalue weighted by Crippen LogP contribution is 2.14. The van der Waals surface area contributed by atoms with Gasteiger partial charge in [-0.25, -0.2) is 9.48 Å². The smallest absolute Gasteiger partial charge is 0.306 e. The first-order valence-electron chi connectivity index (χ1n) is 6.92. The van der Waals surface area contributed by atoms with Crippen LogP contribution in [0.5, 0.6) is 0 Å². The molecule has 3 rings (SSSR count). The number of benzene rings is 2. The summed E-state index contributed by atoms with van der Waals surface area (Å²) in [6, 6.07) is 17.8. The van der Waals surface area contributed by atoms with Crippen LogP contribution in [0.2, 0.25) is 5.02 Å². The van der Waals surface area contributed by atoms with Gasteiger partial charge >= 0.3 is 6.03 Å².